The summed E-state index contributed by atoms with van der Waals surface area (Å²) >= 11 is 3.41. The van der Waals surface area contributed by atoms with Crippen molar-refractivity contribution in [3.8, 4) is 0 Å². The van der Waals surface area contributed by atoms with E-state index < -0.39 is 48.3 Å². The smallest absolute Gasteiger partial charge is 0.412 e. The summed E-state index contributed by atoms with van der Waals surface area (Å²) in [6, 6.07) is 0. The summed E-state index contributed by atoms with van der Waals surface area (Å²) in [5, 5.41) is 2.42. The average molecular weight is 555 g/mol. The highest BCUT2D eigenvalue weighted by atomic mass is 127. The third-order valence-corrected chi connectivity index (χ3v) is 5.31. The number of aromatic nitrogens is 2. The van der Waals surface area contributed by atoms with Crippen LogP contribution >= 0.6 is 34.4 Å². The summed E-state index contributed by atoms with van der Waals surface area (Å²) in [6.07, 6.45) is -1.10. The SMILES string of the molecule is CSCCOC(=O)Nc1nc(=O)n([C@@H]2O[C@H](C)C(OC(C)=O)C2OC(C)=O)cc1I. The number of esters is 2. The van der Waals surface area contributed by atoms with E-state index in [0.717, 1.165) is 4.57 Å². The molecule has 0 aromatic carbocycles. The number of rotatable bonds is 7. The lowest BCUT2D eigenvalue weighted by Gasteiger charge is -2.23. The van der Waals surface area contributed by atoms with Gasteiger partial charge in [-0.2, -0.15) is 16.7 Å². The zero-order valence-corrected chi connectivity index (χ0v) is 19.7. The molecule has 0 bridgehead atoms. The predicted octanol–water partition coefficient (Wildman–Crippen LogP) is 1.54. The van der Waals surface area contributed by atoms with Gasteiger partial charge in [-0.25, -0.2) is 9.59 Å². The third-order valence-electron chi connectivity index (χ3n) is 3.95. The topological polar surface area (TPSA) is 135 Å². The van der Waals surface area contributed by atoms with Crippen LogP contribution in [0.5, 0.6) is 0 Å². The molecule has 13 heteroatoms. The fourth-order valence-corrected chi connectivity index (χ4v) is 3.57. The Labute approximate surface area is 190 Å². The Balaban J connectivity index is 2.28. The highest BCUT2D eigenvalue weighted by Gasteiger charge is 2.48. The molecule has 30 heavy (non-hydrogen) atoms. The van der Waals surface area contributed by atoms with E-state index in [9.17, 15) is 19.2 Å². The molecule has 1 saturated heterocycles. The fourth-order valence-electron chi connectivity index (χ4n) is 2.77. The molecule has 2 rings (SSSR count). The molecule has 1 fully saturated rings. The number of amides is 1. The molecule has 1 aliphatic rings. The van der Waals surface area contributed by atoms with Gasteiger partial charge < -0.3 is 18.9 Å². The minimum absolute atomic E-state index is 0.0256. The second-order valence-corrected chi connectivity index (χ2v) is 8.41. The Hall–Kier alpha value is -1.87. The van der Waals surface area contributed by atoms with Gasteiger partial charge in [0.15, 0.2) is 24.3 Å². The highest BCUT2D eigenvalue weighted by molar-refractivity contribution is 14.1. The van der Waals surface area contributed by atoms with E-state index in [1.54, 1.807) is 6.92 Å². The first-order valence-corrected chi connectivity index (χ1v) is 11.3. The summed E-state index contributed by atoms with van der Waals surface area (Å²) in [5.74, 6) is -0.537. The van der Waals surface area contributed by atoms with Crippen molar-refractivity contribution in [1.82, 2.24) is 9.55 Å². The number of carbonyl (C=O) groups is 3. The van der Waals surface area contributed by atoms with E-state index in [2.05, 4.69) is 10.3 Å². The first kappa shape index (κ1) is 24.4. The van der Waals surface area contributed by atoms with Crippen LogP contribution in [0.3, 0.4) is 0 Å². The van der Waals surface area contributed by atoms with Gasteiger partial charge in [-0.15, -0.1) is 0 Å². The molecule has 4 atom stereocenters. The van der Waals surface area contributed by atoms with Crippen LogP contribution in [0.25, 0.3) is 0 Å². The van der Waals surface area contributed by atoms with Crippen molar-refractivity contribution in [2.24, 2.45) is 0 Å². The standard InChI is InChI=1S/C17H22IN3O8S/c1-8-12(28-9(2)22)13(29-10(3)23)15(27-8)21-7-11(18)14(19-16(21)24)20-17(25)26-5-6-30-4/h7-8,12-13,15H,5-6H2,1-4H3,(H,19,20,24,25)/t8-,12?,13?,15-/m1/s1. The molecule has 0 radical (unpaired) electrons. The molecule has 1 aromatic rings. The van der Waals surface area contributed by atoms with E-state index in [0.29, 0.717) is 9.32 Å². The van der Waals surface area contributed by atoms with Crippen LogP contribution in [0.15, 0.2) is 11.0 Å². The number of ether oxygens (including phenoxy) is 4. The van der Waals surface area contributed by atoms with Crippen LogP contribution in [0.4, 0.5) is 10.6 Å². The molecule has 1 aliphatic heterocycles. The lowest BCUT2D eigenvalue weighted by Crippen LogP contribution is -2.40. The lowest BCUT2D eigenvalue weighted by atomic mass is 10.1. The van der Waals surface area contributed by atoms with Crippen LogP contribution in [0, 0.1) is 3.57 Å². The molecule has 2 unspecified atom stereocenters. The van der Waals surface area contributed by atoms with Crippen molar-refractivity contribution >= 4 is 58.2 Å². The fraction of sp³-hybridized carbons (Fsp3) is 0.588. The van der Waals surface area contributed by atoms with Gasteiger partial charge in [-0.3, -0.25) is 19.5 Å². The van der Waals surface area contributed by atoms with Crippen molar-refractivity contribution < 1.29 is 33.3 Å². The molecular formula is C17H22IN3O8S. The minimum Gasteiger partial charge on any atom is -0.456 e. The van der Waals surface area contributed by atoms with E-state index in [1.165, 1.54) is 31.8 Å². The summed E-state index contributed by atoms with van der Waals surface area (Å²) in [4.78, 5) is 51.3. The van der Waals surface area contributed by atoms with Gasteiger partial charge in [0.1, 0.15) is 6.61 Å². The van der Waals surface area contributed by atoms with Crippen LogP contribution < -0.4 is 11.0 Å². The van der Waals surface area contributed by atoms with Gasteiger partial charge in [0.2, 0.25) is 0 Å². The summed E-state index contributed by atoms with van der Waals surface area (Å²) in [6.45, 7) is 4.27. The first-order chi connectivity index (χ1) is 14.1. The molecule has 11 nitrogen and oxygen atoms in total. The minimum atomic E-state index is -1.07. The molecule has 1 amide bonds. The van der Waals surface area contributed by atoms with Gasteiger partial charge in [0.05, 0.1) is 9.67 Å². The van der Waals surface area contributed by atoms with E-state index in [-0.39, 0.29) is 12.4 Å². The lowest BCUT2D eigenvalue weighted by molar-refractivity contribution is -0.165. The summed E-state index contributed by atoms with van der Waals surface area (Å²) in [5.41, 5.74) is -0.757. The molecule has 0 spiro atoms. The van der Waals surface area contributed by atoms with Gasteiger partial charge in [0.25, 0.3) is 0 Å². The van der Waals surface area contributed by atoms with Crippen molar-refractivity contribution in [3.05, 3.63) is 20.3 Å². The second-order valence-electron chi connectivity index (χ2n) is 6.26. The number of halogens is 1. The molecule has 1 N–H and O–H groups in total. The summed E-state index contributed by atoms with van der Waals surface area (Å²) in [7, 11) is 0. The number of nitrogens with zero attached hydrogens (tertiary/aromatic N) is 2. The van der Waals surface area contributed by atoms with Crippen LogP contribution in [-0.2, 0) is 28.5 Å². The zero-order chi connectivity index (χ0) is 22.4. The molecule has 2 heterocycles. The highest BCUT2D eigenvalue weighted by Crippen LogP contribution is 2.33. The number of thioether (sulfide) groups is 1. The molecular weight excluding hydrogens is 533 g/mol. The van der Waals surface area contributed by atoms with Crippen LogP contribution in [-0.4, -0.2) is 64.5 Å². The largest absolute Gasteiger partial charge is 0.456 e. The number of hydrogen-bond donors (Lipinski definition) is 1. The number of carbonyl (C=O) groups excluding carboxylic acids is 3. The Morgan fingerprint density at radius 2 is 1.90 bits per heavy atom. The van der Waals surface area contributed by atoms with Gasteiger partial charge in [0, 0.05) is 25.8 Å². The Kier molecular flexibility index (Phi) is 8.91. The van der Waals surface area contributed by atoms with E-state index in [4.69, 9.17) is 18.9 Å². The normalized spacial score (nSPS) is 23.0. The van der Waals surface area contributed by atoms with Crippen molar-refractivity contribution in [1.29, 1.82) is 0 Å². The monoisotopic (exact) mass is 555 g/mol. The predicted molar refractivity (Wildman–Crippen MR) is 115 cm³/mol. The van der Waals surface area contributed by atoms with Crippen molar-refractivity contribution in [2.45, 2.75) is 45.3 Å². The van der Waals surface area contributed by atoms with Crippen molar-refractivity contribution in [2.75, 3.05) is 23.9 Å². The van der Waals surface area contributed by atoms with Crippen molar-refractivity contribution in [3.63, 3.8) is 0 Å². The van der Waals surface area contributed by atoms with Gasteiger partial charge in [-0.1, -0.05) is 0 Å². The molecule has 166 valence electrons. The van der Waals surface area contributed by atoms with Crippen LogP contribution in [0.2, 0.25) is 0 Å². The average Bonchev–Trinajstić information content (AvgIpc) is 2.93. The number of nitrogens with one attached hydrogen (secondary N) is 1. The molecule has 1 aromatic heterocycles. The van der Waals surface area contributed by atoms with E-state index in [1.807, 2.05) is 28.8 Å². The second kappa shape index (κ2) is 10.9. The molecule has 0 saturated carbocycles. The maximum Gasteiger partial charge on any atom is 0.412 e. The Morgan fingerprint density at radius 3 is 2.50 bits per heavy atom. The zero-order valence-electron chi connectivity index (χ0n) is 16.7. The maximum absolute atomic E-state index is 12.6. The van der Waals surface area contributed by atoms with E-state index >= 15 is 0 Å². The number of anilines is 1. The summed E-state index contributed by atoms with van der Waals surface area (Å²) < 4.78 is 22.8. The first-order valence-electron chi connectivity index (χ1n) is 8.85. The third kappa shape index (κ3) is 6.31. The Bertz CT molecular complexity index is 864. The molecule has 0 aliphatic carbocycles. The Morgan fingerprint density at radius 1 is 1.27 bits per heavy atom. The quantitative estimate of drug-likeness (QED) is 0.229. The van der Waals surface area contributed by atoms with Crippen LogP contribution in [0.1, 0.15) is 27.0 Å². The number of hydrogen-bond acceptors (Lipinski definition) is 10. The van der Waals surface area contributed by atoms with Gasteiger partial charge in [-0.05, 0) is 35.8 Å². The maximum atomic E-state index is 12.6. The van der Waals surface area contributed by atoms with Gasteiger partial charge >= 0.3 is 23.7 Å².